The zero-order valence-corrected chi connectivity index (χ0v) is 21.1. The van der Waals surface area contributed by atoms with Gasteiger partial charge in [-0.2, -0.15) is 0 Å². The molecule has 1 saturated heterocycles. The number of allylic oxidation sites excluding steroid dienone is 1. The number of rotatable bonds is 8. The SMILES string of the molecule is C#C/C=C\c1c(C)c(CCNC2CCN(c3ncc(C(=O)NO)cn3)CC2)c(C)n1CC.CC. The van der Waals surface area contributed by atoms with Crippen LogP contribution in [0.25, 0.3) is 6.08 Å². The Morgan fingerprint density at radius 1 is 1.26 bits per heavy atom. The van der Waals surface area contributed by atoms with Crippen LogP contribution in [0.15, 0.2) is 18.5 Å². The lowest BCUT2D eigenvalue weighted by molar-refractivity contribution is 0.0705. The minimum Gasteiger partial charge on any atom is -0.345 e. The van der Waals surface area contributed by atoms with Crippen molar-refractivity contribution < 1.29 is 10.0 Å². The van der Waals surface area contributed by atoms with E-state index in [9.17, 15) is 4.79 Å². The van der Waals surface area contributed by atoms with E-state index in [1.165, 1.54) is 34.9 Å². The second-order valence-electron chi connectivity index (χ2n) is 8.00. The first kappa shape index (κ1) is 27.1. The first-order valence-electron chi connectivity index (χ1n) is 12.1. The van der Waals surface area contributed by atoms with E-state index in [0.717, 1.165) is 45.4 Å². The highest BCUT2D eigenvalue weighted by Gasteiger charge is 2.21. The van der Waals surface area contributed by atoms with Crippen LogP contribution in [0, 0.1) is 26.2 Å². The highest BCUT2D eigenvalue weighted by Crippen LogP contribution is 2.24. The Hall–Kier alpha value is -3.15. The summed E-state index contributed by atoms with van der Waals surface area (Å²) in [6.45, 7) is 14.1. The van der Waals surface area contributed by atoms with Gasteiger partial charge in [0.25, 0.3) is 5.91 Å². The molecular weight excluding hydrogens is 428 g/mol. The van der Waals surface area contributed by atoms with Gasteiger partial charge >= 0.3 is 0 Å². The van der Waals surface area contributed by atoms with Gasteiger partial charge < -0.3 is 14.8 Å². The predicted octanol–water partition coefficient (Wildman–Crippen LogP) is 3.51. The Labute approximate surface area is 203 Å². The number of hydrogen-bond donors (Lipinski definition) is 3. The van der Waals surface area contributed by atoms with Gasteiger partial charge in [0.1, 0.15) is 0 Å². The number of carbonyl (C=O) groups is 1. The summed E-state index contributed by atoms with van der Waals surface area (Å²) in [5.74, 6) is 2.58. The van der Waals surface area contributed by atoms with E-state index in [4.69, 9.17) is 11.6 Å². The molecule has 0 aromatic carbocycles. The number of anilines is 1. The Morgan fingerprint density at radius 3 is 2.47 bits per heavy atom. The number of piperidine rings is 1. The van der Waals surface area contributed by atoms with E-state index in [1.807, 2.05) is 19.9 Å². The normalized spacial score (nSPS) is 14.0. The van der Waals surface area contributed by atoms with Crippen molar-refractivity contribution in [3.63, 3.8) is 0 Å². The second-order valence-corrected chi connectivity index (χ2v) is 8.00. The average Bonchev–Trinajstić information content (AvgIpc) is 3.12. The Bertz CT molecular complexity index is 996. The fourth-order valence-corrected chi connectivity index (χ4v) is 4.44. The van der Waals surface area contributed by atoms with Gasteiger partial charge in [0.2, 0.25) is 5.95 Å². The summed E-state index contributed by atoms with van der Waals surface area (Å²) < 4.78 is 2.33. The van der Waals surface area contributed by atoms with Crippen LogP contribution in [-0.2, 0) is 13.0 Å². The lowest BCUT2D eigenvalue weighted by atomic mass is 10.0. The van der Waals surface area contributed by atoms with Gasteiger partial charge in [-0.15, -0.1) is 6.42 Å². The van der Waals surface area contributed by atoms with Gasteiger partial charge in [0, 0.05) is 49.5 Å². The minimum absolute atomic E-state index is 0.230. The molecule has 8 heteroatoms. The summed E-state index contributed by atoms with van der Waals surface area (Å²) >= 11 is 0. The van der Waals surface area contributed by atoms with Crippen LogP contribution in [0.4, 0.5) is 5.95 Å². The van der Waals surface area contributed by atoms with Crippen molar-refractivity contribution in [2.75, 3.05) is 24.5 Å². The van der Waals surface area contributed by atoms with E-state index in [2.05, 4.69) is 51.4 Å². The standard InChI is InChI=1S/C24H32N6O2.C2H6/c1-5-7-8-22-17(3)21(18(4)30(22)6-2)9-12-25-20-10-13-29(14-11-20)24-26-15-19(16-27-24)23(31)28-32;1-2/h1,7-8,15-16,20,25,32H,6,9-14H2,2-4H3,(H,28,31);1-2H3/b8-7-;. The van der Waals surface area contributed by atoms with Gasteiger partial charge in [-0.25, -0.2) is 15.4 Å². The maximum absolute atomic E-state index is 11.4. The maximum atomic E-state index is 11.4. The topological polar surface area (TPSA) is 95.3 Å². The van der Waals surface area contributed by atoms with Crippen LogP contribution < -0.4 is 15.7 Å². The Kier molecular flexibility index (Phi) is 10.8. The number of hydrogen-bond acceptors (Lipinski definition) is 6. The van der Waals surface area contributed by atoms with Crippen molar-refractivity contribution >= 4 is 17.9 Å². The number of carbonyl (C=O) groups excluding carboxylic acids is 1. The van der Waals surface area contributed by atoms with Crippen LogP contribution >= 0.6 is 0 Å². The van der Waals surface area contributed by atoms with Crippen LogP contribution in [0.1, 0.15) is 66.5 Å². The molecule has 0 aliphatic carbocycles. The first-order valence-corrected chi connectivity index (χ1v) is 12.1. The second kappa shape index (κ2) is 13.5. The molecule has 3 N–H and O–H groups in total. The monoisotopic (exact) mass is 466 g/mol. The summed E-state index contributed by atoms with van der Waals surface area (Å²) in [6.07, 6.45) is 15.1. The molecule has 0 unspecified atom stereocenters. The van der Waals surface area contributed by atoms with Gasteiger partial charge in [0.15, 0.2) is 0 Å². The number of aromatic nitrogens is 3. The van der Waals surface area contributed by atoms with Crippen LogP contribution in [0.5, 0.6) is 0 Å². The highest BCUT2D eigenvalue weighted by molar-refractivity contribution is 5.92. The molecule has 0 spiro atoms. The zero-order chi connectivity index (χ0) is 25.1. The third-order valence-corrected chi connectivity index (χ3v) is 6.21. The zero-order valence-electron chi connectivity index (χ0n) is 21.1. The first-order chi connectivity index (χ1) is 16.5. The van der Waals surface area contributed by atoms with E-state index in [0.29, 0.717) is 12.0 Å². The molecule has 1 amide bonds. The molecule has 1 aliphatic rings. The number of terminal acetylenes is 1. The molecule has 0 saturated carbocycles. The largest absolute Gasteiger partial charge is 0.345 e. The quantitative estimate of drug-likeness (QED) is 0.313. The summed E-state index contributed by atoms with van der Waals surface area (Å²) in [7, 11) is 0. The van der Waals surface area contributed by atoms with Crippen LogP contribution in [0.3, 0.4) is 0 Å². The number of hydroxylamine groups is 1. The Morgan fingerprint density at radius 2 is 1.91 bits per heavy atom. The van der Waals surface area contributed by atoms with E-state index in [-0.39, 0.29) is 5.56 Å². The fourth-order valence-electron chi connectivity index (χ4n) is 4.44. The predicted molar refractivity (Wildman–Crippen MR) is 137 cm³/mol. The summed E-state index contributed by atoms with van der Waals surface area (Å²) in [5, 5.41) is 12.4. The minimum atomic E-state index is -0.613. The van der Waals surface area contributed by atoms with Crippen molar-refractivity contribution in [3.05, 3.63) is 46.5 Å². The lowest BCUT2D eigenvalue weighted by Gasteiger charge is -2.32. The molecule has 3 heterocycles. The number of nitrogens with zero attached hydrogens (tertiary/aromatic N) is 4. The molecule has 2 aromatic heterocycles. The molecule has 0 bridgehead atoms. The smallest absolute Gasteiger partial charge is 0.277 e. The molecule has 0 radical (unpaired) electrons. The molecule has 184 valence electrons. The summed E-state index contributed by atoms with van der Waals surface area (Å²) in [5.41, 5.74) is 7.04. The van der Waals surface area contributed by atoms with E-state index < -0.39 is 5.91 Å². The molecular formula is C26H38N6O2. The highest BCUT2D eigenvalue weighted by atomic mass is 16.5. The fraction of sp³-hybridized carbons (Fsp3) is 0.500. The number of nitrogens with one attached hydrogen (secondary N) is 2. The Balaban J connectivity index is 0.00000199. The van der Waals surface area contributed by atoms with Crippen molar-refractivity contribution in [3.8, 4) is 12.3 Å². The number of amides is 1. The average molecular weight is 467 g/mol. The third kappa shape index (κ3) is 6.46. The molecule has 1 aliphatic heterocycles. The van der Waals surface area contributed by atoms with Crippen LogP contribution in [0.2, 0.25) is 0 Å². The van der Waals surface area contributed by atoms with E-state index in [1.54, 1.807) is 11.6 Å². The summed E-state index contributed by atoms with van der Waals surface area (Å²) in [6, 6.07) is 0.459. The van der Waals surface area contributed by atoms with Crippen molar-refractivity contribution in [2.24, 2.45) is 0 Å². The molecule has 0 atom stereocenters. The molecule has 8 nitrogen and oxygen atoms in total. The molecule has 34 heavy (non-hydrogen) atoms. The van der Waals surface area contributed by atoms with Crippen LogP contribution in [-0.4, -0.2) is 51.3 Å². The van der Waals surface area contributed by atoms with Gasteiger partial charge in [0.05, 0.1) is 5.56 Å². The molecule has 3 rings (SSSR count). The van der Waals surface area contributed by atoms with Crippen molar-refractivity contribution in [1.82, 2.24) is 25.3 Å². The lowest BCUT2D eigenvalue weighted by Crippen LogP contribution is -2.43. The van der Waals surface area contributed by atoms with Crippen molar-refractivity contribution in [1.29, 1.82) is 0 Å². The molecule has 1 fully saturated rings. The van der Waals surface area contributed by atoms with E-state index >= 15 is 0 Å². The maximum Gasteiger partial charge on any atom is 0.277 e. The van der Waals surface area contributed by atoms with Gasteiger partial charge in [-0.05, 0) is 69.9 Å². The third-order valence-electron chi connectivity index (χ3n) is 6.21. The van der Waals surface area contributed by atoms with Crippen molar-refractivity contribution in [2.45, 2.75) is 66.5 Å². The summed E-state index contributed by atoms with van der Waals surface area (Å²) in [4.78, 5) is 22.0. The van der Waals surface area contributed by atoms with Gasteiger partial charge in [-0.1, -0.05) is 19.8 Å². The van der Waals surface area contributed by atoms with Gasteiger partial charge in [-0.3, -0.25) is 10.0 Å². The molecule has 2 aromatic rings.